The number of amidine groups is 2. The highest BCUT2D eigenvalue weighted by Gasteiger charge is 2.24. The van der Waals surface area contributed by atoms with Gasteiger partial charge in [0, 0.05) is 11.4 Å². The molecule has 148 valence electrons. The molecule has 0 saturated heterocycles. The minimum atomic E-state index is 0.122. The van der Waals surface area contributed by atoms with Crippen LogP contribution in [0.2, 0.25) is 0 Å². The van der Waals surface area contributed by atoms with Crippen LogP contribution in [0.4, 0.5) is 0 Å². The van der Waals surface area contributed by atoms with Crippen molar-refractivity contribution >= 4 is 22.8 Å². The molecule has 0 atom stereocenters. The van der Waals surface area contributed by atoms with Gasteiger partial charge < -0.3 is 25.8 Å². The molecule has 0 aromatic heterocycles. The fourth-order valence-corrected chi connectivity index (χ4v) is 3.76. The number of thioether (sulfide) groups is 1. The van der Waals surface area contributed by atoms with E-state index in [-0.39, 0.29) is 12.6 Å². The molecule has 0 saturated carbocycles. The van der Waals surface area contributed by atoms with Crippen molar-refractivity contribution in [3.8, 4) is 11.5 Å². The fraction of sp³-hybridized carbons (Fsp3) is 0.143. The molecule has 2 aromatic carbocycles. The van der Waals surface area contributed by atoms with E-state index in [4.69, 9.17) is 20.9 Å². The van der Waals surface area contributed by atoms with Gasteiger partial charge in [0.2, 0.25) is 6.79 Å². The molecule has 0 amide bonds. The molecule has 0 radical (unpaired) electrons. The van der Waals surface area contributed by atoms with Crippen molar-refractivity contribution in [2.75, 3.05) is 13.3 Å². The summed E-state index contributed by atoms with van der Waals surface area (Å²) in [6, 6.07) is 15.9. The third kappa shape index (κ3) is 4.22. The second-order valence-corrected chi connectivity index (χ2v) is 7.40. The van der Waals surface area contributed by atoms with Crippen LogP contribution in [0.5, 0.6) is 11.5 Å². The first-order valence-corrected chi connectivity index (χ1v) is 9.89. The van der Waals surface area contributed by atoms with Crippen LogP contribution in [-0.4, -0.2) is 29.2 Å². The van der Waals surface area contributed by atoms with Gasteiger partial charge in [-0.05, 0) is 48.1 Å². The number of rotatable bonds is 5. The summed E-state index contributed by atoms with van der Waals surface area (Å²) in [6.45, 7) is 4.83. The van der Waals surface area contributed by atoms with Crippen molar-refractivity contribution in [3.05, 3.63) is 78.4 Å². The van der Waals surface area contributed by atoms with Crippen molar-refractivity contribution in [2.45, 2.75) is 11.3 Å². The molecule has 4 rings (SSSR count). The van der Waals surface area contributed by atoms with Crippen LogP contribution in [0.25, 0.3) is 0 Å². The second-order valence-electron chi connectivity index (χ2n) is 6.36. The molecule has 8 heteroatoms. The summed E-state index contributed by atoms with van der Waals surface area (Å²) in [6.07, 6.45) is 2.54. The molecule has 2 heterocycles. The summed E-state index contributed by atoms with van der Waals surface area (Å²) in [5.74, 6) is 2.16. The van der Waals surface area contributed by atoms with Crippen molar-refractivity contribution in [1.29, 1.82) is 0 Å². The lowest BCUT2D eigenvalue weighted by atomic mass is 10.1. The van der Waals surface area contributed by atoms with Crippen molar-refractivity contribution in [2.24, 2.45) is 21.5 Å². The minimum Gasteiger partial charge on any atom is -0.454 e. The Hall–Kier alpha value is -3.39. The first kappa shape index (κ1) is 18.9. The highest BCUT2D eigenvalue weighted by atomic mass is 32.2. The molecule has 0 aliphatic carbocycles. The SMILES string of the molecule is C=CN(CCc1ccccc1)C1=NC(Sc2ccc3c(c2)OCO3)=NC1=C(N)N. The molecule has 2 aliphatic heterocycles. The Balaban J connectivity index is 1.52. The maximum atomic E-state index is 5.88. The first-order valence-electron chi connectivity index (χ1n) is 9.07. The molecule has 0 unspecified atom stereocenters. The Morgan fingerprint density at radius 1 is 1.10 bits per heavy atom. The standard InChI is InChI=1S/C21H21N5O2S/c1-2-26(11-10-14-6-4-3-5-7-14)20-18(19(22)23)24-21(25-20)29-15-8-9-16-17(12-15)28-13-27-16/h2-9,12H,1,10-11,13,22-23H2. The Kier molecular flexibility index (Phi) is 5.44. The Labute approximate surface area is 173 Å². The van der Waals surface area contributed by atoms with E-state index in [2.05, 4.69) is 28.7 Å². The van der Waals surface area contributed by atoms with Crippen molar-refractivity contribution < 1.29 is 9.47 Å². The predicted molar refractivity (Wildman–Crippen MR) is 116 cm³/mol. The predicted octanol–water partition coefficient (Wildman–Crippen LogP) is 3.05. The molecular formula is C21H21N5O2S. The number of aliphatic imine (C=N–C) groups is 2. The highest BCUT2D eigenvalue weighted by Crippen LogP contribution is 2.37. The van der Waals surface area contributed by atoms with Crippen LogP contribution >= 0.6 is 11.8 Å². The summed E-state index contributed by atoms with van der Waals surface area (Å²) in [5.41, 5.74) is 13.4. The molecule has 2 aromatic rings. The number of nitrogens with zero attached hydrogens (tertiary/aromatic N) is 3. The molecule has 0 spiro atoms. The number of ether oxygens (including phenoxy) is 2. The summed E-state index contributed by atoms with van der Waals surface area (Å²) >= 11 is 1.41. The lowest BCUT2D eigenvalue weighted by molar-refractivity contribution is 0.174. The molecule has 0 bridgehead atoms. The van der Waals surface area contributed by atoms with Gasteiger partial charge >= 0.3 is 0 Å². The number of nitrogens with two attached hydrogens (primary N) is 2. The van der Waals surface area contributed by atoms with E-state index in [0.29, 0.717) is 29.0 Å². The van der Waals surface area contributed by atoms with E-state index >= 15 is 0 Å². The Morgan fingerprint density at radius 2 is 1.90 bits per heavy atom. The molecule has 29 heavy (non-hydrogen) atoms. The average molecular weight is 407 g/mol. The highest BCUT2D eigenvalue weighted by molar-refractivity contribution is 8.14. The zero-order chi connectivity index (χ0) is 20.2. The maximum Gasteiger partial charge on any atom is 0.231 e. The number of hydrogen-bond donors (Lipinski definition) is 2. The molecular weight excluding hydrogens is 386 g/mol. The third-order valence-corrected chi connectivity index (χ3v) is 5.28. The lowest BCUT2D eigenvalue weighted by Crippen LogP contribution is -2.30. The van der Waals surface area contributed by atoms with Gasteiger partial charge in [-0.2, -0.15) is 0 Å². The second kappa shape index (κ2) is 8.32. The van der Waals surface area contributed by atoms with Crippen LogP contribution in [0, 0.1) is 0 Å². The largest absolute Gasteiger partial charge is 0.454 e. The van der Waals surface area contributed by atoms with Gasteiger partial charge in [0.1, 0.15) is 11.5 Å². The Morgan fingerprint density at radius 3 is 2.66 bits per heavy atom. The molecule has 2 aliphatic rings. The van der Waals surface area contributed by atoms with E-state index in [0.717, 1.165) is 17.1 Å². The van der Waals surface area contributed by atoms with Crippen molar-refractivity contribution in [1.82, 2.24) is 4.90 Å². The summed E-state index contributed by atoms with van der Waals surface area (Å²) in [5, 5.41) is 0.550. The normalized spacial score (nSPS) is 14.4. The summed E-state index contributed by atoms with van der Waals surface area (Å²) < 4.78 is 10.8. The monoisotopic (exact) mass is 407 g/mol. The third-order valence-electron chi connectivity index (χ3n) is 4.42. The van der Waals surface area contributed by atoms with Gasteiger partial charge in [-0.3, -0.25) is 0 Å². The summed E-state index contributed by atoms with van der Waals surface area (Å²) in [4.78, 5) is 12.0. The smallest absolute Gasteiger partial charge is 0.231 e. The van der Waals surface area contributed by atoms with Gasteiger partial charge in [0.05, 0.1) is 0 Å². The van der Waals surface area contributed by atoms with Gasteiger partial charge in [-0.1, -0.05) is 36.9 Å². The lowest BCUT2D eigenvalue weighted by Gasteiger charge is -2.20. The van der Waals surface area contributed by atoms with E-state index in [1.807, 2.05) is 41.3 Å². The van der Waals surface area contributed by atoms with Crippen LogP contribution in [0.1, 0.15) is 5.56 Å². The van der Waals surface area contributed by atoms with Gasteiger partial charge in [0.25, 0.3) is 0 Å². The average Bonchev–Trinajstić information content (AvgIpc) is 3.36. The van der Waals surface area contributed by atoms with E-state index in [1.165, 1.54) is 17.3 Å². The fourth-order valence-electron chi connectivity index (χ4n) is 2.98. The topological polar surface area (TPSA) is 98.5 Å². The number of benzene rings is 2. The van der Waals surface area contributed by atoms with Crippen LogP contribution in [0.3, 0.4) is 0 Å². The number of fused-ring (bicyclic) bond motifs is 1. The van der Waals surface area contributed by atoms with Gasteiger partial charge in [0.15, 0.2) is 22.5 Å². The van der Waals surface area contributed by atoms with Gasteiger partial charge in [-0.25, -0.2) is 9.98 Å². The van der Waals surface area contributed by atoms with E-state index < -0.39 is 0 Å². The molecule has 4 N–H and O–H groups in total. The van der Waals surface area contributed by atoms with Crippen molar-refractivity contribution in [3.63, 3.8) is 0 Å². The quantitative estimate of drug-likeness (QED) is 0.790. The minimum absolute atomic E-state index is 0.122. The molecule has 7 nitrogen and oxygen atoms in total. The van der Waals surface area contributed by atoms with Crippen LogP contribution in [-0.2, 0) is 6.42 Å². The zero-order valence-corrected chi connectivity index (χ0v) is 16.6. The molecule has 0 fully saturated rings. The van der Waals surface area contributed by atoms with Crippen LogP contribution < -0.4 is 20.9 Å². The maximum absolute atomic E-state index is 5.88. The Bertz CT molecular complexity index is 1010. The zero-order valence-electron chi connectivity index (χ0n) is 15.7. The summed E-state index contributed by atoms with van der Waals surface area (Å²) in [7, 11) is 0. The van der Waals surface area contributed by atoms with E-state index in [1.54, 1.807) is 6.20 Å². The first-order chi connectivity index (χ1) is 14.1. The number of hydrogen-bond acceptors (Lipinski definition) is 8. The van der Waals surface area contributed by atoms with Crippen LogP contribution in [0.15, 0.2) is 87.7 Å². The van der Waals surface area contributed by atoms with Gasteiger partial charge in [-0.15, -0.1) is 0 Å². The van der Waals surface area contributed by atoms with E-state index in [9.17, 15) is 0 Å².